The van der Waals surface area contributed by atoms with Crippen LogP contribution in [-0.4, -0.2) is 42.4 Å². The molecule has 1 aliphatic carbocycles. The third-order valence-corrected chi connectivity index (χ3v) is 5.59. The van der Waals surface area contributed by atoms with Crippen LogP contribution in [0.1, 0.15) is 31.4 Å². The Morgan fingerprint density at radius 1 is 1.35 bits per heavy atom. The summed E-state index contributed by atoms with van der Waals surface area (Å²) in [7, 11) is 3.82. The van der Waals surface area contributed by atoms with Gasteiger partial charge in [-0.05, 0) is 56.6 Å². The smallest absolute Gasteiger partial charge is 0.119 e. The number of likely N-dealkylation sites (tertiary alicyclic amines) is 1. The van der Waals surface area contributed by atoms with Crippen LogP contribution in [0.25, 0.3) is 0 Å². The fourth-order valence-corrected chi connectivity index (χ4v) is 3.95. The van der Waals surface area contributed by atoms with Gasteiger partial charge in [0.2, 0.25) is 0 Å². The Bertz CT molecular complexity index is 517. The van der Waals surface area contributed by atoms with Crippen LogP contribution in [0.5, 0.6) is 5.75 Å². The molecule has 0 saturated carbocycles. The van der Waals surface area contributed by atoms with Crippen LogP contribution in [0.4, 0.5) is 0 Å². The summed E-state index contributed by atoms with van der Waals surface area (Å²) in [4.78, 5) is 2.30. The van der Waals surface area contributed by atoms with E-state index in [-0.39, 0.29) is 23.9 Å². The molecule has 3 atom stereocenters. The van der Waals surface area contributed by atoms with Crippen molar-refractivity contribution < 1.29 is 9.84 Å². The van der Waals surface area contributed by atoms with Crippen molar-refractivity contribution in [2.75, 3.05) is 20.7 Å². The van der Waals surface area contributed by atoms with Crippen LogP contribution in [0, 0.1) is 0 Å². The first kappa shape index (κ1) is 15.6. The Kier molecular flexibility index (Phi) is 3.83. The molecule has 0 radical (unpaired) electrons. The number of aliphatic hydroxyl groups is 1. The number of rotatable bonds is 1. The lowest BCUT2D eigenvalue weighted by Crippen LogP contribution is -2.68. The molecule has 0 aromatic heterocycles. The number of nitrogens with zero attached hydrogens (tertiary/aromatic N) is 1. The van der Waals surface area contributed by atoms with Crippen molar-refractivity contribution in [1.82, 2.24) is 4.90 Å². The maximum Gasteiger partial charge on any atom is 0.119 e. The minimum Gasteiger partial charge on any atom is -0.497 e. The standard InChI is InChI=1S/C16H23NO2.ClH/c1-15-7-8-17(3)14(16(15,2)18)9-11-5-6-12(19-4)10-13(11)15;/h5-6,10,14,18H,7-9H2,1-4H3;1H/t14-,15+,16?;/m0./s1. The highest BCUT2D eigenvalue weighted by atomic mass is 35.5. The highest BCUT2D eigenvalue weighted by Crippen LogP contribution is 2.51. The normalized spacial score (nSPS) is 36.0. The van der Waals surface area contributed by atoms with Gasteiger partial charge in [-0.15, -0.1) is 12.4 Å². The highest BCUT2D eigenvalue weighted by molar-refractivity contribution is 5.85. The molecular weight excluding hydrogens is 274 g/mol. The molecule has 1 aromatic carbocycles. The number of hydrogen-bond donors (Lipinski definition) is 1. The van der Waals surface area contributed by atoms with E-state index >= 15 is 0 Å². The summed E-state index contributed by atoms with van der Waals surface area (Å²) in [5.41, 5.74) is 1.73. The number of likely N-dealkylation sites (N-methyl/N-ethyl adjacent to an activating group) is 1. The Hall–Kier alpha value is -0.770. The molecule has 1 aliphatic heterocycles. The molecule has 112 valence electrons. The lowest BCUT2D eigenvalue weighted by Gasteiger charge is -2.58. The predicted molar refractivity (Wildman–Crippen MR) is 83.0 cm³/mol. The second kappa shape index (κ2) is 4.90. The van der Waals surface area contributed by atoms with Crippen LogP contribution < -0.4 is 4.74 Å². The quantitative estimate of drug-likeness (QED) is 0.864. The molecule has 1 heterocycles. The van der Waals surface area contributed by atoms with E-state index in [4.69, 9.17) is 4.74 Å². The van der Waals surface area contributed by atoms with E-state index in [1.54, 1.807) is 7.11 Å². The van der Waals surface area contributed by atoms with Gasteiger partial charge in [0, 0.05) is 11.5 Å². The van der Waals surface area contributed by atoms with Crippen molar-refractivity contribution in [3.05, 3.63) is 29.3 Å². The van der Waals surface area contributed by atoms with Crippen molar-refractivity contribution in [3.63, 3.8) is 0 Å². The first-order chi connectivity index (χ1) is 8.90. The van der Waals surface area contributed by atoms with Crippen molar-refractivity contribution >= 4 is 12.4 Å². The first-order valence-electron chi connectivity index (χ1n) is 7.00. The van der Waals surface area contributed by atoms with Crippen molar-refractivity contribution in [3.8, 4) is 5.75 Å². The number of ether oxygens (including phenoxy) is 1. The largest absolute Gasteiger partial charge is 0.497 e. The summed E-state index contributed by atoms with van der Waals surface area (Å²) in [6, 6.07) is 6.50. The van der Waals surface area contributed by atoms with Gasteiger partial charge in [0.1, 0.15) is 5.75 Å². The van der Waals surface area contributed by atoms with E-state index in [0.717, 1.165) is 25.1 Å². The minimum absolute atomic E-state index is 0. The molecule has 0 amide bonds. The molecule has 0 spiro atoms. The summed E-state index contributed by atoms with van der Waals surface area (Å²) < 4.78 is 5.36. The van der Waals surface area contributed by atoms with E-state index < -0.39 is 5.60 Å². The van der Waals surface area contributed by atoms with E-state index in [1.165, 1.54) is 11.1 Å². The van der Waals surface area contributed by atoms with Gasteiger partial charge in [-0.3, -0.25) is 0 Å². The summed E-state index contributed by atoms with van der Waals surface area (Å²) in [5, 5.41) is 11.1. The first-order valence-corrected chi connectivity index (χ1v) is 7.00. The molecule has 4 heteroatoms. The monoisotopic (exact) mass is 297 g/mol. The third-order valence-electron chi connectivity index (χ3n) is 5.59. The lowest BCUT2D eigenvalue weighted by molar-refractivity contribution is -0.121. The third kappa shape index (κ3) is 1.87. The minimum atomic E-state index is -0.695. The number of methoxy groups -OCH3 is 1. The zero-order valence-electron chi connectivity index (χ0n) is 12.6. The number of halogens is 1. The SMILES string of the molecule is COc1ccc2c(c1)[C@@]1(C)CCN(C)[C@@H](C2)C1(C)O.Cl. The molecule has 1 aromatic rings. The van der Waals surface area contributed by atoms with Gasteiger partial charge in [-0.25, -0.2) is 0 Å². The molecule has 2 bridgehead atoms. The average molecular weight is 298 g/mol. The second-order valence-electron chi connectivity index (χ2n) is 6.45. The van der Waals surface area contributed by atoms with Crippen molar-refractivity contribution in [2.24, 2.45) is 0 Å². The van der Waals surface area contributed by atoms with Gasteiger partial charge in [0.05, 0.1) is 12.7 Å². The molecule has 1 N–H and O–H groups in total. The topological polar surface area (TPSA) is 32.7 Å². The maximum absolute atomic E-state index is 11.1. The van der Waals surface area contributed by atoms with Gasteiger partial charge in [-0.2, -0.15) is 0 Å². The number of benzene rings is 1. The van der Waals surface area contributed by atoms with Crippen LogP contribution in [0.15, 0.2) is 18.2 Å². The molecule has 1 fully saturated rings. The van der Waals surface area contributed by atoms with Crippen LogP contribution in [-0.2, 0) is 11.8 Å². The van der Waals surface area contributed by atoms with Crippen molar-refractivity contribution in [1.29, 1.82) is 0 Å². The van der Waals surface area contributed by atoms with Gasteiger partial charge in [0.25, 0.3) is 0 Å². The Balaban J connectivity index is 0.00000147. The van der Waals surface area contributed by atoms with Gasteiger partial charge in [0.15, 0.2) is 0 Å². The molecular formula is C16H24ClNO2. The summed E-state index contributed by atoms with van der Waals surface area (Å²) in [6.45, 7) is 5.23. The lowest BCUT2D eigenvalue weighted by atomic mass is 9.56. The molecule has 1 saturated heterocycles. The molecule has 3 nitrogen and oxygen atoms in total. The summed E-state index contributed by atoms with van der Waals surface area (Å²) >= 11 is 0. The van der Waals surface area contributed by atoms with E-state index in [9.17, 15) is 5.11 Å². The van der Waals surface area contributed by atoms with Gasteiger partial charge >= 0.3 is 0 Å². The molecule has 3 rings (SSSR count). The summed E-state index contributed by atoms with van der Waals surface area (Å²) in [6.07, 6.45) is 1.89. The van der Waals surface area contributed by atoms with Gasteiger partial charge in [-0.1, -0.05) is 13.0 Å². The van der Waals surface area contributed by atoms with E-state index in [2.05, 4.69) is 31.0 Å². The molecule has 2 aliphatic rings. The zero-order valence-corrected chi connectivity index (χ0v) is 13.5. The average Bonchev–Trinajstić information content (AvgIpc) is 2.38. The summed E-state index contributed by atoms with van der Waals surface area (Å²) in [5.74, 6) is 0.883. The van der Waals surface area contributed by atoms with E-state index in [0.29, 0.717) is 0 Å². The number of fused-ring (bicyclic) bond motifs is 4. The maximum atomic E-state index is 11.1. The second-order valence-corrected chi connectivity index (χ2v) is 6.45. The van der Waals surface area contributed by atoms with Gasteiger partial charge < -0.3 is 14.7 Å². The zero-order chi connectivity index (χ0) is 13.8. The van der Waals surface area contributed by atoms with E-state index in [1.807, 2.05) is 13.0 Å². The molecule has 1 unspecified atom stereocenters. The Morgan fingerprint density at radius 2 is 2.05 bits per heavy atom. The molecule has 20 heavy (non-hydrogen) atoms. The number of hydrogen-bond acceptors (Lipinski definition) is 3. The van der Waals surface area contributed by atoms with Crippen LogP contribution in [0.3, 0.4) is 0 Å². The predicted octanol–water partition coefficient (Wildman–Crippen LogP) is 2.39. The fourth-order valence-electron chi connectivity index (χ4n) is 3.95. The fraction of sp³-hybridized carbons (Fsp3) is 0.625. The van der Waals surface area contributed by atoms with Crippen molar-refractivity contribution in [2.45, 2.75) is 43.7 Å². The highest BCUT2D eigenvalue weighted by Gasteiger charge is 2.57. The van der Waals surface area contributed by atoms with Crippen LogP contribution in [0.2, 0.25) is 0 Å². The number of piperidine rings is 1. The van der Waals surface area contributed by atoms with Crippen LogP contribution >= 0.6 is 12.4 Å². The Morgan fingerprint density at radius 3 is 2.70 bits per heavy atom. The Labute approximate surface area is 127 Å².